The molecule has 0 atom stereocenters. The predicted octanol–water partition coefficient (Wildman–Crippen LogP) is 8.06. The summed E-state index contributed by atoms with van der Waals surface area (Å²) in [5, 5.41) is 0. The summed E-state index contributed by atoms with van der Waals surface area (Å²) in [5.74, 6) is -0.952. The Morgan fingerprint density at radius 1 is 1.00 bits per heavy atom. The van der Waals surface area contributed by atoms with E-state index in [-0.39, 0.29) is 5.75 Å². The molecule has 0 unspecified atom stereocenters. The largest absolute Gasteiger partial charge is 0.423 e. The minimum absolute atomic E-state index is 0.0156. The zero-order valence-corrected chi connectivity index (χ0v) is 19.0. The number of aryl methyl sites for hydroxylation is 1. The van der Waals surface area contributed by atoms with Crippen molar-refractivity contribution in [2.45, 2.75) is 71.1 Å². The average Bonchev–Trinajstić information content (AvgIpc) is 2.81. The fourth-order valence-corrected chi connectivity index (χ4v) is 4.40. The van der Waals surface area contributed by atoms with E-state index in [0.29, 0.717) is 5.56 Å². The minimum atomic E-state index is -1.04. The van der Waals surface area contributed by atoms with E-state index in [1.807, 2.05) is 12.1 Å². The molecular weight excluding hydrogens is 406 g/mol. The Bertz CT molecular complexity index is 881. The standard InChI is InChI=1S/C28H34F2O2/c1-2-3-4-7-21-10-12-22(13-11-21)8-5-6-9-23-14-16-24(17-15-23)28(31)32-25-18-19-26(29)27(30)20-25/h5,8,14-22H,2-4,6-7,9-13H2,1H3/b8-5+. The molecule has 0 aliphatic heterocycles. The van der Waals surface area contributed by atoms with Gasteiger partial charge in [0.25, 0.3) is 0 Å². The molecule has 0 aromatic heterocycles. The number of hydrogen-bond donors (Lipinski definition) is 0. The van der Waals surface area contributed by atoms with Crippen LogP contribution >= 0.6 is 0 Å². The first kappa shape index (κ1) is 24.2. The number of carbonyl (C=O) groups is 1. The molecule has 0 amide bonds. The van der Waals surface area contributed by atoms with Crippen LogP contribution in [0.25, 0.3) is 0 Å². The molecule has 1 aliphatic carbocycles. The average molecular weight is 441 g/mol. The van der Waals surface area contributed by atoms with Gasteiger partial charge in [-0.1, -0.05) is 56.9 Å². The van der Waals surface area contributed by atoms with Crippen LogP contribution in [0.2, 0.25) is 0 Å². The third kappa shape index (κ3) is 7.58. The normalized spacial score (nSPS) is 18.7. The van der Waals surface area contributed by atoms with Gasteiger partial charge in [0.15, 0.2) is 11.6 Å². The van der Waals surface area contributed by atoms with E-state index >= 15 is 0 Å². The van der Waals surface area contributed by atoms with E-state index in [0.717, 1.165) is 42.4 Å². The summed E-state index contributed by atoms with van der Waals surface area (Å²) in [6.07, 6.45) is 17.5. The van der Waals surface area contributed by atoms with Crippen molar-refractivity contribution < 1.29 is 18.3 Å². The smallest absolute Gasteiger partial charge is 0.343 e. The summed E-state index contributed by atoms with van der Waals surface area (Å²) < 4.78 is 31.4. The fourth-order valence-electron chi connectivity index (χ4n) is 4.40. The van der Waals surface area contributed by atoms with E-state index in [2.05, 4.69) is 19.1 Å². The molecule has 1 saturated carbocycles. The number of esters is 1. The zero-order chi connectivity index (χ0) is 22.8. The van der Waals surface area contributed by atoms with Crippen LogP contribution in [0.1, 0.15) is 80.6 Å². The van der Waals surface area contributed by atoms with Crippen LogP contribution < -0.4 is 4.74 Å². The van der Waals surface area contributed by atoms with E-state index in [1.54, 1.807) is 12.1 Å². The van der Waals surface area contributed by atoms with E-state index in [9.17, 15) is 13.6 Å². The van der Waals surface area contributed by atoms with Crippen molar-refractivity contribution in [3.8, 4) is 5.75 Å². The van der Waals surface area contributed by atoms with Crippen LogP contribution in [-0.4, -0.2) is 5.97 Å². The first-order valence-corrected chi connectivity index (χ1v) is 12.0. The molecule has 1 fully saturated rings. The lowest BCUT2D eigenvalue weighted by Crippen LogP contribution is -2.13. The van der Waals surface area contributed by atoms with Crippen LogP contribution in [0, 0.1) is 23.5 Å². The summed E-state index contributed by atoms with van der Waals surface area (Å²) >= 11 is 0. The van der Waals surface area contributed by atoms with Gasteiger partial charge >= 0.3 is 5.97 Å². The molecule has 3 rings (SSSR count). The van der Waals surface area contributed by atoms with Crippen LogP contribution in [0.15, 0.2) is 54.6 Å². The van der Waals surface area contributed by atoms with Crippen LogP contribution in [0.4, 0.5) is 8.78 Å². The Balaban J connectivity index is 1.38. The number of halogens is 2. The maximum absolute atomic E-state index is 13.3. The molecule has 4 heteroatoms. The van der Waals surface area contributed by atoms with Crippen LogP contribution in [0.5, 0.6) is 5.75 Å². The van der Waals surface area contributed by atoms with Crippen molar-refractivity contribution in [3.05, 3.63) is 77.4 Å². The van der Waals surface area contributed by atoms with Gasteiger partial charge in [-0.15, -0.1) is 0 Å². The van der Waals surface area contributed by atoms with Crippen molar-refractivity contribution >= 4 is 5.97 Å². The highest BCUT2D eigenvalue weighted by Crippen LogP contribution is 2.32. The third-order valence-corrected chi connectivity index (χ3v) is 6.41. The molecule has 0 N–H and O–H groups in total. The molecule has 0 spiro atoms. The molecule has 2 nitrogen and oxygen atoms in total. The molecule has 0 radical (unpaired) electrons. The molecule has 32 heavy (non-hydrogen) atoms. The Hall–Kier alpha value is -2.49. The van der Waals surface area contributed by atoms with Gasteiger partial charge in [0.05, 0.1) is 5.56 Å². The topological polar surface area (TPSA) is 26.3 Å². The van der Waals surface area contributed by atoms with Crippen molar-refractivity contribution in [2.24, 2.45) is 11.8 Å². The highest BCUT2D eigenvalue weighted by atomic mass is 19.2. The van der Waals surface area contributed by atoms with Gasteiger partial charge in [-0.05, 0) is 80.2 Å². The van der Waals surface area contributed by atoms with Crippen LogP contribution in [-0.2, 0) is 6.42 Å². The summed E-state index contributed by atoms with van der Waals surface area (Å²) in [6.45, 7) is 2.27. The summed E-state index contributed by atoms with van der Waals surface area (Å²) in [5.41, 5.74) is 1.53. The quantitative estimate of drug-likeness (QED) is 0.162. The molecule has 172 valence electrons. The number of rotatable bonds is 10. The molecule has 1 aliphatic rings. The molecule has 0 heterocycles. The second-order valence-corrected chi connectivity index (χ2v) is 8.91. The lowest BCUT2D eigenvalue weighted by molar-refractivity contribution is 0.0734. The highest BCUT2D eigenvalue weighted by Gasteiger charge is 2.18. The summed E-state index contributed by atoms with van der Waals surface area (Å²) in [6, 6.07) is 10.3. The van der Waals surface area contributed by atoms with Gasteiger partial charge in [0.1, 0.15) is 5.75 Å². The lowest BCUT2D eigenvalue weighted by atomic mass is 9.79. The van der Waals surface area contributed by atoms with Crippen molar-refractivity contribution in [1.82, 2.24) is 0 Å². The van der Waals surface area contributed by atoms with E-state index in [1.165, 1.54) is 57.4 Å². The van der Waals surface area contributed by atoms with Gasteiger partial charge in [0, 0.05) is 6.07 Å². The van der Waals surface area contributed by atoms with Crippen LogP contribution in [0.3, 0.4) is 0 Å². The summed E-state index contributed by atoms with van der Waals surface area (Å²) in [7, 11) is 0. The van der Waals surface area contributed by atoms with E-state index < -0.39 is 17.6 Å². The first-order chi connectivity index (χ1) is 15.5. The number of hydrogen-bond acceptors (Lipinski definition) is 2. The Morgan fingerprint density at radius 3 is 2.44 bits per heavy atom. The Kier molecular flexibility index (Phi) is 9.45. The summed E-state index contributed by atoms with van der Waals surface area (Å²) in [4.78, 5) is 12.2. The number of carbonyl (C=O) groups excluding carboxylic acids is 1. The maximum Gasteiger partial charge on any atom is 0.343 e. The number of ether oxygens (including phenoxy) is 1. The Morgan fingerprint density at radius 2 is 1.75 bits per heavy atom. The number of benzene rings is 2. The zero-order valence-electron chi connectivity index (χ0n) is 19.0. The molecule has 0 saturated heterocycles. The van der Waals surface area contributed by atoms with E-state index in [4.69, 9.17) is 4.74 Å². The molecule has 2 aromatic carbocycles. The lowest BCUT2D eigenvalue weighted by Gasteiger charge is -2.26. The second-order valence-electron chi connectivity index (χ2n) is 8.91. The second kappa shape index (κ2) is 12.5. The SMILES string of the molecule is CCCCCC1CCC(/C=C/CCc2ccc(C(=O)Oc3ccc(F)c(F)c3)cc2)CC1. The molecule has 2 aromatic rings. The predicted molar refractivity (Wildman–Crippen MR) is 125 cm³/mol. The number of allylic oxidation sites excluding steroid dienone is 2. The van der Waals surface area contributed by atoms with Gasteiger partial charge in [-0.25, -0.2) is 13.6 Å². The molecule has 0 bridgehead atoms. The third-order valence-electron chi connectivity index (χ3n) is 6.41. The first-order valence-electron chi connectivity index (χ1n) is 12.0. The minimum Gasteiger partial charge on any atom is -0.423 e. The molecular formula is C28H34F2O2. The fraction of sp³-hybridized carbons (Fsp3) is 0.464. The van der Waals surface area contributed by atoms with Gasteiger partial charge in [-0.3, -0.25) is 0 Å². The van der Waals surface area contributed by atoms with Crippen molar-refractivity contribution in [2.75, 3.05) is 0 Å². The maximum atomic E-state index is 13.3. The highest BCUT2D eigenvalue weighted by molar-refractivity contribution is 5.91. The van der Waals surface area contributed by atoms with Gasteiger partial charge in [0.2, 0.25) is 0 Å². The van der Waals surface area contributed by atoms with Crippen molar-refractivity contribution in [3.63, 3.8) is 0 Å². The van der Waals surface area contributed by atoms with Crippen molar-refractivity contribution in [1.29, 1.82) is 0 Å². The van der Waals surface area contributed by atoms with Gasteiger partial charge < -0.3 is 4.74 Å². The monoisotopic (exact) mass is 440 g/mol. The number of unbranched alkanes of at least 4 members (excludes halogenated alkanes) is 2. The Labute approximate surface area is 190 Å². The van der Waals surface area contributed by atoms with Gasteiger partial charge in [-0.2, -0.15) is 0 Å².